The van der Waals surface area contributed by atoms with E-state index in [0.29, 0.717) is 0 Å². The molecule has 0 bridgehead atoms. The fourth-order valence-electron chi connectivity index (χ4n) is 5.44. The zero-order chi connectivity index (χ0) is 26.7. The minimum atomic E-state index is -0.875. The Labute approximate surface area is 221 Å². The van der Waals surface area contributed by atoms with Gasteiger partial charge in [-0.05, 0) is 73.9 Å². The summed E-state index contributed by atoms with van der Waals surface area (Å²) in [5.74, 6) is 0. The van der Waals surface area contributed by atoms with E-state index in [1.54, 1.807) is 0 Å². The van der Waals surface area contributed by atoms with Crippen molar-refractivity contribution in [3.05, 3.63) is 99.7 Å². The van der Waals surface area contributed by atoms with E-state index in [1.807, 2.05) is 26.0 Å². The molecule has 0 spiro atoms. The summed E-state index contributed by atoms with van der Waals surface area (Å²) in [6.45, 7) is 18.6. The molecule has 0 atom stereocenters. The fourth-order valence-corrected chi connectivity index (χ4v) is 5.44. The first kappa shape index (κ1) is 25.3. The molecule has 0 fully saturated rings. The van der Waals surface area contributed by atoms with Crippen LogP contribution in [0.15, 0.2) is 60.7 Å². The predicted molar refractivity (Wildman–Crippen MR) is 153 cm³/mol. The third-order valence-electron chi connectivity index (χ3n) is 7.69. The number of aryl methyl sites for hydroxylation is 3. The van der Waals surface area contributed by atoms with Gasteiger partial charge in [0.25, 0.3) is 0 Å². The molecule has 192 valence electrons. The number of aliphatic hydroxyl groups is 1. The smallest absolute Gasteiger partial charge is 0.0878 e. The van der Waals surface area contributed by atoms with Gasteiger partial charge < -0.3 is 10.0 Å². The summed E-state index contributed by atoms with van der Waals surface area (Å²) in [7, 11) is 0. The van der Waals surface area contributed by atoms with Crippen LogP contribution in [-0.2, 0) is 24.1 Å². The number of rotatable bonds is 4. The van der Waals surface area contributed by atoms with Gasteiger partial charge in [-0.3, -0.25) is 0 Å². The fraction of sp³-hybridized carbons (Fsp3) is 0.364. The Hall–Kier alpha value is -3.37. The maximum atomic E-state index is 10.5. The molecular weight excluding hydrogens is 454 g/mol. The Morgan fingerprint density at radius 3 is 1.97 bits per heavy atom. The molecule has 0 radical (unpaired) electrons. The Balaban J connectivity index is 1.64. The van der Waals surface area contributed by atoms with Crippen LogP contribution < -0.4 is 4.90 Å². The summed E-state index contributed by atoms with van der Waals surface area (Å²) in [5.41, 5.74) is 12.3. The number of hydrogen-bond donors (Lipinski definition) is 1. The molecule has 2 heterocycles. The molecule has 0 saturated heterocycles. The number of benzene rings is 3. The number of nitrogens with zero attached hydrogens (tertiary/aromatic N) is 3. The maximum absolute atomic E-state index is 10.5. The summed E-state index contributed by atoms with van der Waals surface area (Å²) in [6.07, 6.45) is 0. The first-order valence-corrected chi connectivity index (χ1v) is 13.2. The molecule has 1 aromatic heterocycles. The van der Waals surface area contributed by atoms with Gasteiger partial charge in [-0.1, -0.05) is 75.4 Å². The van der Waals surface area contributed by atoms with Crippen molar-refractivity contribution in [3.63, 3.8) is 0 Å². The molecule has 1 aliphatic heterocycles. The van der Waals surface area contributed by atoms with E-state index >= 15 is 0 Å². The zero-order valence-electron chi connectivity index (χ0n) is 23.5. The highest BCUT2D eigenvalue weighted by atomic mass is 16.3. The molecule has 5 rings (SSSR count). The summed E-state index contributed by atoms with van der Waals surface area (Å²) >= 11 is 0. The van der Waals surface area contributed by atoms with E-state index in [1.165, 1.54) is 33.5 Å². The second-order valence-electron chi connectivity index (χ2n) is 12.2. The van der Waals surface area contributed by atoms with Gasteiger partial charge in [0.15, 0.2) is 0 Å². The molecule has 4 nitrogen and oxygen atoms in total. The minimum absolute atomic E-state index is 0.0986. The molecule has 37 heavy (non-hydrogen) atoms. The molecule has 0 saturated carbocycles. The highest BCUT2D eigenvalue weighted by Gasteiger charge is 2.31. The standard InChI is InChI=1S/C33H39N3O/c1-21-12-15-26(32(4,5)6)18-29(21)35-19-27-28(20-35)34-36(30-22(2)10-9-11-23(30)3)31(27)24-13-16-25(17-14-24)33(7,8)37/h9-18,37H,19-20H2,1-8H3. The van der Waals surface area contributed by atoms with Crippen LogP contribution in [0.1, 0.15) is 73.7 Å². The van der Waals surface area contributed by atoms with Crippen LogP contribution in [0.2, 0.25) is 0 Å². The van der Waals surface area contributed by atoms with Crippen LogP contribution in [0.25, 0.3) is 16.9 Å². The van der Waals surface area contributed by atoms with E-state index in [0.717, 1.165) is 41.3 Å². The lowest BCUT2D eigenvalue weighted by Crippen LogP contribution is -2.20. The van der Waals surface area contributed by atoms with Gasteiger partial charge in [-0.15, -0.1) is 0 Å². The van der Waals surface area contributed by atoms with Gasteiger partial charge in [0, 0.05) is 23.4 Å². The number of aromatic nitrogens is 2. The van der Waals surface area contributed by atoms with Gasteiger partial charge in [-0.2, -0.15) is 5.10 Å². The van der Waals surface area contributed by atoms with Crippen LogP contribution >= 0.6 is 0 Å². The summed E-state index contributed by atoms with van der Waals surface area (Å²) in [5, 5.41) is 15.7. The minimum Gasteiger partial charge on any atom is -0.386 e. The zero-order valence-corrected chi connectivity index (χ0v) is 23.5. The molecule has 1 N–H and O–H groups in total. The maximum Gasteiger partial charge on any atom is 0.0878 e. The van der Waals surface area contributed by atoms with Crippen LogP contribution in [-0.4, -0.2) is 14.9 Å². The Bertz CT molecular complexity index is 1440. The van der Waals surface area contributed by atoms with E-state index in [-0.39, 0.29) is 5.41 Å². The quantitative estimate of drug-likeness (QED) is 0.320. The topological polar surface area (TPSA) is 41.3 Å². The third kappa shape index (κ3) is 4.59. The lowest BCUT2D eigenvalue weighted by atomic mass is 9.86. The predicted octanol–water partition coefficient (Wildman–Crippen LogP) is 7.51. The normalized spacial score (nSPS) is 13.8. The van der Waals surface area contributed by atoms with Crippen molar-refractivity contribution in [1.29, 1.82) is 0 Å². The Morgan fingerprint density at radius 1 is 0.757 bits per heavy atom. The van der Waals surface area contributed by atoms with Crippen LogP contribution in [0.5, 0.6) is 0 Å². The Morgan fingerprint density at radius 2 is 1.38 bits per heavy atom. The molecule has 3 aromatic carbocycles. The second kappa shape index (κ2) is 8.88. The summed E-state index contributed by atoms with van der Waals surface area (Å²) in [4.78, 5) is 2.46. The monoisotopic (exact) mass is 493 g/mol. The lowest BCUT2D eigenvalue weighted by Gasteiger charge is -2.26. The molecule has 0 amide bonds. The first-order chi connectivity index (χ1) is 17.3. The average molecular weight is 494 g/mol. The molecule has 0 aliphatic carbocycles. The number of anilines is 1. The first-order valence-electron chi connectivity index (χ1n) is 13.2. The van der Waals surface area contributed by atoms with Crippen molar-refractivity contribution in [2.45, 2.75) is 79.5 Å². The van der Waals surface area contributed by atoms with Gasteiger partial charge in [-0.25, -0.2) is 4.68 Å². The molecule has 4 aromatic rings. The van der Waals surface area contributed by atoms with Gasteiger partial charge in [0.1, 0.15) is 0 Å². The van der Waals surface area contributed by atoms with Crippen molar-refractivity contribution < 1.29 is 5.11 Å². The van der Waals surface area contributed by atoms with E-state index in [4.69, 9.17) is 5.10 Å². The van der Waals surface area contributed by atoms with Crippen LogP contribution in [0.4, 0.5) is 5.69 Å². The largest absolute Gasteiger partial charge is 0.386 e. The highest BCUT2D eigenvalue weighted by molar-refractivity contribution is 5.72. The van der Waals surface area contributed by atoms with Crippen molar-refractivity contribution in [3.8, 4) is 16.9 Å². The summed E-state index contributed by atoms with van der Waals surface area (Å²) in [6, 6.07) is 21.6. The van der Waals surface area contributed by atoms with E-state index in [2.05, 4.69) is 99.7 Å². The number of para-hydroxylation sites is 1. The van der Waals surface area contributed by atoms with Gasteiger partial charge in [0.2, 0.25) is 0 Å². The molecule has 0 unspecified atom stereocenters. The van der Waals surface area contributed by atoms with Crippen molar-refractivity contribution in [2.24, 2.45) is 0 Å². The van der Waals surface area contributed by atoms with Crippen LogP contribution in [0.3, 0.4) is 0 Å². The van der Waals surface area contributed by atoms with Crippen LogP contribution in [0, 0.1) is 20.8 Å². The third-order valence-corrected chi connectivity index (χ3v) is 7.69. The van der Waals surface area contributed by atoms with Gasteiger partial charge >= 0.3 is 0 Å². The second-order valence-corrected chi connectivity index (χ2v) is 12.2. The van der Waals surface area contributed by atoms with Crippen molar-refractivity contribution in [2.75, 3.05) is 4.90 Å². The molecule has 4 heteroatoms. The Kier molecular flexibility index (Phi) is 6.07. The number of hydrogen-bond acceptors (Lipinski definition) is 3. The van der Waals surface area contributed by atoms with Crippen molar-refractivity contribution in [1.82, 2.24) is 9.78 Å². The van der Waals surface area contributed by atoms with Crippen molar-refractivity contribution >= 4 is 5.69 Å². The van der Waals surface area contributed by atoms with E-state index < -0.39 is 5.60 Å². The molecular formula is C33H39N3O. The average Bonchev–Trinajstić information content (AvgIpc) is 3.36. The van der Waals surface area contributed by atoms with E-state index in [9.17, 15) is 5.11 Å². The van der Waals surface area contributed by atoms with Gasteiger partial charge in [0.05, 0.1) is 29.2 Å². The SMILES string of the molecule is Cc1ccc(C(C)(C)C)cc1N1Cc2nn(-c3c(C)cccc3C)c(-c3ccc(C(C)(C)O)cc3)c2C1. The lowest BCUT2D eigenvalue weighted by molar-refractivity contribution is 0.0786. The molecule has 1 aliphatic rings. The highest BCUT2D eigenvalue weighted by Crippen LogP contribution is 2.40. The number of fused-ring (bicyclic) bond motifs is 1. The summed E-state index contributed by atoms with van der Waals surface area (Å²) < 4.78 is 2.16.